The summed E-state index contributed by atoms with van der Waals surface area (Å²) in [6.45, 7) is 0.558. The Morgan fingerprint density at radius 1 is 0.800 bits per heavy atom. The molecule has 3 aromatic carbocycles. The highest BCUT2D eigenvalue weighted by molar-refractivity contribution is 6.31. The maximum atomic E-state index is 13.6. The van der Waals surface area contributed by atoms with Crippen LogP contribution in [0.4, 0.5) is 4.39 Å². The minimum absolute atomic E-state index is 0.0397. The highest BCUT2D eigenvalue weighted by Crippen LogP contribution is 2.22. The summed E-state index contributed by atoms with van der Waals surface area (Å²) in [6, 6.07) is 19.9. The van der Waals surface area contributed by atoms with Crippen LogP contribution in [0.25, 0.3) is 0 Å². The van der Waals surface area contributed by atoms with E-state index in [9.17, 15) is 14.0 Å². The van der Waals surface area contributed by atoms with Gasteiger partial charge < -0.3 is 15.4 Å². The van der Waals surface area contributed by atoms with Crippen LogP contribution in [0, 0.1) is 5.82 Å². The molecule has 0 spiro atoms. The lowest BCUT2D eigenvalue weighted by Gasteiger charge is -2.13. The van der Waals surface area contributed by atoms with Gasteiger partial charge in [-0.25, -0.2) is 4.39 Å². The molecule has 2 amide bonds. The molecule has 5 nitrogen and oxygen atoms in total. The van der Waals surface area contributed by atoms with Crippen LogP contribution in [0.1, 0.15) is 26.3 Å². The predicted octanol–water partition coefficient (Wildman–Crippen LogP) is 4.22. The second kappa shape index (κ2) is 10.4. The smallest absolute Gasteiger partial charge is 0.255 e. The molecule has 0 heterocycles. The fourth-order valence-electron chi connectivity index (χ4n) is 2.74. The van der Waals surface area contributed by atoms with Gasteiger partial charge in [0.2, 0.25) is 0 Å². The summed E-state index contributed by atoms with van der Waals surface area (Å²) < 4.78 is 19.4. The van der Waals surface area contributed by atoms with Gasteiger partial charge in [-0.05, 0) is 30.3 Å². The molecule has 0 aliphatic carbocycles. The number of nitrogens with one attached hydrogen (secondary N) is 2. The quantitative estimate of drug-likeness (QED) is 0.530. The summed E-state index contributed by atoms with van der Waals surface area (Å²) in [7, 11) is 0. The van der Waals surface area contributed by atoms with Gasteiger partial charge in [0.25, 0.3) is 11.8 Å². The van der Waals surface area contributed by atoms with Crippen molar-refractivity contribution in [2.75, 3.05) is 13.1 Å². The molecule has 0 saturated heterocycles. The van der Waals surface area contributed by atoms with Crippen molar-refractivity contribution in [2.45, 2.75) is 6.61 Å². The van der Waals surface area contributed by atoms with E-state index in [0.717, 1.165) is 5.56 Å². The third-order valence-corrected chi connectivity index (χ3v) is 4.66. The first kappa shape index (κ1) is 21.3. The second-order valence-electron chi connectivity index (χ2n) is 6.37. The van der Waals surface area contributed by atoms with Crippen molar-refractivity contribution >= 4 is 23.4 Å². The van der Waals surface area contributed by atoms with Crippen LogP contribution in [0.15, 0.2) is 72.8 Å². The van der Waals surface area contributed by atoms with Gasteiger partial charge in [0.05, 0.1) is 11.1 Å². The number of carbonyl (C=O) groups excluding carboxylic acids is 2. The minimum atomic E-state index is -0.594. The lowest BCUT2D eigenvalue weighted by atomic mass is 10.2. The summed E-state index contributed by atoms with van der Waals surface area (Å²) in [4.78, 5) is 24.5. The lowest BCUT2D eigenvalue weighted by Crippen LogP contribution is -2.35. The first-order valence-corrected chi connectivity index (χ1v) is 9.70. The van der Waals surface area contributed by atoms with E-state index in [1.54, 1.807) is 36.4 Å². The van der Waals surface area contributed by atoms with Crippen molar-refractivity contribution in [1.29, 1.82) is 0 Å². The van der Waals surface area contributed by atoms with Crippen molar-refractivity contribution in [2.24, 2.45) is 0 Å². The molecule has 3 rings (SSSR count). The third kappa shape index (κ3) is 5.58. The fraction of sp³-hybridized carbons (Fsp3) is 0.130. The summed E-state index contributed by atoms with van der Waals surface area (Å²) >= 11 is 6.14. The molecular formula is C23H20ClFN2O3. The van der Waals surface area contributed by atoms with E-state index in [1.165, 1.54) is 18.2 Å². The van der Waals surface area contributed by atoms with E-state index in [1.807, 2.05) is 18.2 Å². The number of amides is 2. The van der Waals surface area contributed by atoms with E-state index in [4.69, 9.17) is 16.3 Å². The molecular weight excluding hydrogens is 407 g/mol. The van der Waals surface area contributed by atoms with Gasteiger partial charge in [0.1, 0.15) is 18.2 Å². The molecule has 0 saturated carbocycles. The minimum Gasteiger partial charge on any atom is -0.488 e. The van der Waals surface area contributed by atoms with Crippen molar-refractivity contribution in [3.63, 3.8) is 0 Å². The van der Waals surface area contributed by atoms with Gasteiger partial charge in [-0.1, -0.05) is 54.1 Å². The Balaban J connectivity index is 1.52. The topological polar surface area (TPSA) is 67.4 Å². The number of halogens is 2. The second-order valence-corrected chi connectivity index (χ2v) is 6.78. The van der Waals surface area contributed by atoms with E-state index < -0.39 is 11.7 Å². The zero-order chi connectivity index (χ0) is 21.3. The van der Waals surface area contributed by atoms with Crippen LogP contribution in [0.5, 0.6) is 5.75 Å². The first-order valence-electron chi connectivity index (χ1n) is 9.32. The Hall–Kier alpha value is -3.38. The van der Waals surface area contributed by atoms with E-state index in [2.05, 4.69) is 10.6 Å². The average Bonchev–Trinajstić information content (AvgIpc) is 2.76. The Kier molecular flexibility index (Phi) is 7.40. The van der Waals surface area contributed by atoms with Gasteiger partial charge >= 0.3 is 0 Å². The number of para-hydroxylation sites is 1. The van der Waals surface area contributed by atoms with Crippen LogP contribution in [0.3, 0.4) is 0 Å². The zero-order valence-corrected chi connectivity index (χ0v) is 16.8. The van der Waals surface area contributed by atoms with E-state index in [-0.39, 0.29) is 31.2 Å². The van der Waals surface area contributed by atoms with Crippen LogP contribution in [-0.2, 0) is 6.61 Å². The molecule has 0 atom stereocenters. The zero-order valence-electron chi connectivity index (χ0n) is 16.0. The van der Waals surface area contributed by atoms with Gasteiger partial charge in [0.15, 0.2) is 0 Å². The molecule has 0 aliphatic heterocycles. The number of carbonyl (C=O) groups is 2. The summed E-state index contributed by atoms with van der Waals surface area (Å²) in [5.41, 5.74) is 1.14. The van der Waals surface area contributed by atoms with E-state index in [0.29, 0.717) is 16.3 Å². The van der Waals surface area contributed by atoms with Gasteiger partial charge in [0, 0.05) is 23.7 Å². The van der Waals surface area contributed by atoms with Gasteiger partial charge in [-0.2, -0.15) is 0 Å². The fourth-order valence-corrected chi connectivity index (χ4v) is 2.93. The molecule has 0 radical (unpaired) electrons. The van der Waals surface area contributed by atoms with Crippen molar-refractivity contribution in [3.8, 4) is 5.75 Å². The Morgan fingerprint density at radius 2 is 1.37 bits per heavy atom. The van der Waals surface area contributed by atoms with Crippen LogP contribution in [0.2, 0.25) is 5.02 Å². The summed E-state index contributed by atoms with van der Waals surface area (Å²) in [5.74, 6) is -1.05. The van der Waals surface area contributed by atoms with Crippen LogP contribution >= 0.6 is 11.6 Å². The lowest BCUT2D eigenvalue weighted by molar-refractivity contribution is 0.0923. The standard InChI is InChI=1S/C23H20ClFN2O3/c24-19-10-4-1-7-16(19)15-30-21-12-6-3-9-18(21)23(29)27-14-13-26-22(28)17-8-2-5-11-20(17)25/h1-12H,13-15H2,(H,26,28)(H,27,29). The number of hydrogen-bond donors (Lipinski definition) is 2. The number of ether oxygens (including phenoxy) is 1. The largest absolute Gasteiger partial charge is 0.488 e. The molecule has 0 aliphatic rings. The Bertz CT molecular complexity index is 1040. The predicted molar refractivity (Wildman–Crippen MR) is 113 cm³/mol. The molecule has 30 heavy (non-hydrogen) atoms. The van der Waals surface area contributed by atoms with Crippen molar-refractivity contribution in [3.05, 3.63) is 100 Å². The molecule has 0 bridgehead atoms. The Labute approximate surface area is 178 Å². The summed E-state index contributed by atoms with van der Waals surface area (Å²) in [5, 5.41) is 5.88. The maximum Gasteiger partial charge on any atom is 0.255 e. The number of rotatable bonds is 8. The molecule has 2 N–H and O–H groups in total. The SMILES string of the molecule is O=C(NCCNC(=O)c1ccccc1OCc1ccccc1Cl)c1ccccc1F. The molecule has 0 aromatic heterocycles. The first-order chi connectivity index (χ1) is 14.6. The van der Waals surface area contributed by atoms with Crippen molar-refractivity contribution in [1.82, 2.24) is 10.6 Å². The highest BCUT2D eigenvalue weighted by Gasteiger charge is 2.13. The molecule has 3 aromatic rings. The third-order valence-electron chi connectivity index (χ3n) is 4.29. The van der Waals surface area contributed by atoms with Crippen molar-refractivity contribution < 1.29 is 18.7 Å². The average molecular weight is 427 g/mol. The number of hydrogen-bond acceptors (Lipinski definition) is 3. The highest BCUT2D eigenvalue weighted by atomic mass is 35.5. The van der Waals surface area contributed by atoms with Gasteiger partial charge in [-0.3, -0.25) is 9.59 Å². The molecule has 0 unspecified atom stereocenters. The Morgan fingerprint density at radius 3 is 2.07 bits per heavy atom. The van der Waals surface area contributed by atoms with Crippen LogP contribution in [-0.4, -0.2) is 24.9 Å². The normalized spacial score (nSPS) is 10.3. The molecule has 0 fully saturated rings. The van der Waals surface area contributed by atoms with Gasteiger partial charge in [-0.15, -0.1) is 0 Å². The van der Waals surface area contributed by atoms with E-state index >= 15 is 0 Å². The number of benzene rings is 3. The molecule has 7 heteroatoms. The summed E-state index contributed by atoms with van der Waals surface area (Å²) in [6.07, 6.45) is 0. The molecule has 154 valence electrons. The monoisotopic (exact) mass is 426 g/mol. The van der Waals surface area contributed by atoms with Crippen LogP contribution < -0.4 is 15.4 Å². The maximum absolute atomic E-state index is 13.6.